The first kappa shape index (κ1) is 26.0. The number of carbonyl (C=O) groups excluding carboxylic acids is 1. The zero-order valence-corrected chi connectivity index (χ0v) is 22.2. The monoisotopic (exact) mass is 523 g/mol. The maximum atomic E-state index is 14.7. The van der Waals surface area contributed by atoms with E-state index in [4.69, 9.17) is 14.5 Å². The molecule has 1 N–H and O–H groups in total. The number of amides is 1. The summed E-state index contributed by atoms with van der Waals surface area (Å²) < 4.78 is 27.1. The summed E-state index contributed by atoms with van der Waals surface area (Å²) in [6.07, 6.45) is 3.81. The summed E-state index contributed by atoms with van der Waals surface area (Å²) in [5, 5.41) is 9.52. The lowest BCUT2D eigenvalue weighted by atomic mass is 9.85. The SMILES string of the molecule is COC(=O)N1c2ccc3c(nc([C@H](C)c4ccc(OC)c(F)c4)n3C3CCC(C(=O)O)CC3)c2CCC1C. The van der Waals surface area contributed by atoms with E-state index in [1.807, 2.05) is 32.0 Å². The molecule has 2 aromatic carbocycles. The van der Waals surface area contributed by atoms with E-state index in [0.717, 1.165) is 59.4 Å². The first-order chi connectivity index (χ1) is 18.2. The Bertz CT molecular complexity index is 1380. The molecule has 0 spiro atoms. The number of hydrogen-bond acceptors (Lipinski definition) is 5. The third-order valence-corrected chi connectivity index (χ3v) is 8.33. The molecule has 0 radical (unpaired) electrons. The van der Waals surface area contributed by atoms with Gasteiger partial charge in [-0.15, -0.1) is 0 Å². The molecular formula is C29H34FN3O5. The van der Waals surface area contributed by atoms with Gasteiger partial charge in [-0.1, -0.05) is 13.0 Å². The molecule has 202 valence electrons. The van der Waals surface area contributed by atoms with Crippen LogP contribution in [0.25, 0.3) is 11.0 Å². The average molecular weight is 524 g/mol. The maximum Gasteiger partial charge on any atom is 0.414 e. The molecule has 2 aliphatic rings. The molecule has 1 aliphatic heterocycles. The molecule has 2 atom stereocenters. The molecule has 1 aliphatic carbocycles. The highest BCUT2D eigenvalue weighted by Gasteiger charge is 2.34. The predicted molar refractivity (Wildman–Crippen MR) is 141 cm³/mol. The van der Waals surface area contributed by atoms with Crippen LogP contribution in [0.4, 0.5) is 14.9 Å². The molecule has 2 heterocycles. The molecule has 0 saturated heterocycles. The Morgan fingerprint density at radius 2 is 1.84 bits per heavy atom. The van der Waals surface area contributed by atoms with Crippen LogP contribution in [0.2, 0.25) is 0 Å². The largest absolute Gasteiger partial charge is 0.494 e. The quantitative estimate of drug-likeness (QED) is 0.437. The third kappa shape index (κ3) is 4.37. The Hall–Kier alpha value is -3.62. The number of nitrogens with zero attached hydrogens (tertiary/aromatic N) is 3. The number of imidazole rings is 1. The fraction of sp³-hybridized carbons (Fsp3) is 0.483. The van der Waals surface area contributed by atoms with E-state index in [-0.39, 0.29) is 29.7 Å². The topological polar surface area (TPSA) is 93.9 Å². The van der Waals surface area contributed by atoms with E-state index in [1.165, 1.54) is 20.3 Å². The maximum absolute atomic E-state index is 14.7. The molecule has 38 heavy (non-hydrogen) atoms. The number of carboxylic acid groups (broad SMARTS) is 1. The van der Waals surface area contributed by atoms with Crippen LogP contribution in [0.3, 0.4) is 0 Å². The second-order valence-electron chi connectivity index (χ2n) is 10.5. The molecule has 1 amide bonds. The number of aliphatic carboxylic acids is 1. The van der Waals surface area contributed by atoms with E-state index in [1.54, 1.807) is 11.0 Å². The van der Waals surface area contributed by atoms with Crippen LogP contribution in [0.1, 0.15) is 74.9 Å². The summed E-state index contributed by atoms with van der Waals surface area (Å²) in [7, 11) is 2.83. The highest BCUT2D eigenvalue weighted by Crippen LogP contribution is 2.42. The van der Waals surface area contributed by atoms with Gasteiger partial charge in [0.25, 0.3) is 0 Å². The first-order valence-electron chi connectivity index (χ1n) is 13.2. The molecule has 8 nitrogen and oxygen atoms in total. The lowest BCUT2D eigenvalue weighted by Gasteiger charge is -2.34. The van der Waals surface area contributed by atoms with Gasteiger partial charge in [0.1, 0.15) is 5.82 Å². The van der Waals surface area contributed by atoms with Gasteiger partial charge in [-0.05, 0) is 75.3 Å². The van der Waals surface area contributed by atoms with Gasteiger partial charge < -0.3 is 19.1 Å². The lowest BCUT2D eigenvalue weighted by Crippen LogP contribution is -2.42. The highest BCUT2D eigenvalue weighted by molar-refractivity contribution is 5.95. The van der Waals surface area contributed by atoms with Gasteiger partial charge in [0.05, 0.1) is 36.9 Å². The van der Waals surface area contributed by atoms with Crippen molar-refractivity contribution >= 4 is 28.8 Å². The number of ether oxygens (including phenoxy) is 2. The van der Waals surface area contributed by atoms with E-state index >= 15 is 0 Å². The zero-order chi connectivity index (χ0) is 27.1. The molecule has 0 bridgehead atoms. The number of aromatic nitrogens is 2. The highest BCUT2D eigenvalue weighted by atomic mass is 19.1. The number of benzene rings is 2. The van der Waals surface area contributed by atoms with E-state index < -0.39 is 17.9 Å². The second kappa shape index (κ2) is 10.3. The Balaban J connectivity index is 1.65. The van der Waals surface area contributed by atoms with E-state index in [0.29, 0.717) is 12.8 Å². The molecule has 1 unspecified atom stereocenters. The van der Waals surface area contributed by atoms with Gasteiger partial charge in [-0.2, -0.15) is 0 Å². The van der Waals surface area contributed by atoms with Crippen molar-refractivity contribution in [2.24, 2.45) is 5.92 Å². The third-order valence-electron chi connectivity index (χ3n) is 8.33. The van der Waals surface area contributed by atoms with Gasteiger partial charge >= 0.3 is 12.1 Å². The Morgan fingerprint density at radius 1 is 1.11 bits per heavy atom. The number of rotatable bonds is 5. The molecular weight excluding hydrogens is 489 g/mol. The molecule has 1 saturated carbocycles. The number of hydrogen-bond donors (Lipinski definition) is 1. The van der Waals surface area contributed by atoms with E-state index in [2.05, 4.69) is 4.57 Å². The molecule has 3 aromatic rings. The zero-order valence-electron chi connectivity index (χ0n) is 22.2. The number of methoxy groups -OCH3 is 2. The average Bonchev–Trinajstić information content (AvgIpc) is 3.32. The van der Waals surface area contributed by atoms with Crippen LogP contribution in [-0.4, -0.2) is 47.0 Å². The van der Waals surface area contributed by atoms with Crippen LogP contribution in [-0.2, 0) is 16.0 Å². The fourth-order valence-electron chi connectivity index (χ4n) is 6.16. The minimum Gasteiger partial charge on any atom is -0.494 e. The second-order valence-corrected chi connectivity index (χ2v) is 10.5. The molecule has 1 fully saturated rings. The normalized spacial score (nSPS) is 22.1. The van der Waals surface area contributed by atoms with Gasteiger partial charge in [0.2, 0.25) is 0 Å². The summed E-state index contributed by atoms with van der Waals surface area (Å²) in [4.78, 5) is 31.1. The number of halogens is 1. The Kier molecular flexibility index (Phi) is 7.03. The van der Waals surface area contributed by atoms with Crippen molar-refractivity contribution in [1.29, 1.82) is 0 Å². The Labute approximate surface area is 221 Å². The number of carbonyl (C=O) groups is 2. The predicted octanol–water partition coefficient (Wildman–Crippen LogP) is 6.06. The van der Waals surface area contributed by atoms with Crippen LogP contribution >= 0.6 is 0 Å². The van der Waals surface area contributed by atoms with Crippen molar-refractivity contribution in [3.05, 3.63) is 53.1 Å². The number of anilines is 1. The Morgan fingerprint density at radius 3 is 2.47 bits per heavy atom. The van der Waals surface area contributed by atoms with Crippen molar-refractivity contribution in [3.63, 3.8) is 0 Å². The summed E-state index contributed by atoms with van der Waals surface area (Å²) >= 11 is 0. The summed E-state index contributed by atoms with van der Waals surface area (Å²) in [5.74, 6) is -0.739. The van der Waals surface area contributed by atoms with Gasteiger partial charge in [0.15, 0.2) is 11.6 Å². The minimum atomic E-state index is -0.743. The summed E-state index contributed by atoms with van der Waals surface area (Å²) in [6, 6.07) is 9.02. The summed E-state index contributed by atoms with van der Waals surface area (Å²) in [5.41, 5.74) is 4.37. The lowest BCUT2D eigenvalue weighted by molar-refractivity contribution is -0.143. The van der Waals surface area contributed by atoms with Crippen molar-refractivity contribution in [1.82, 2.24) is 9.55 Å². The molecule has 1 aromatic heterocycles. The molecule has 5 rings (SSSR count). The fourth-order valence-corrected chi connectivity index (χ4v) is 6.16. The van der Waals surface area contributed by atoms with Crippen molar-refractivity contribution < 1.29 is 28.6 Å². The van der Waals surface area contributed by atoms with Crippen LogP contribution in [0.5, 0.6) is 5.75 Å². The van der Waals surface area contributed by atoms with Crippen molar-refractivity contribution in [3.8, 4) is 5.75 Å². The van der Waals surface area contributed by atoms with Crippen LogP contribution < -0.4 is 9.64 Å². The number of carboxylic acids is 1. The molecule has 9 heteroatoms. The van der Waals surface area contributed by atoms with Crippen molar-refractivity contribution in [2.75, 3.05) is 19.1 Å². The van der Waals surface area contributed by atoms with Crippen LogP contribution in [0, 0.1) is 11.7 Å². The smallest absolute Gasteiger partial charge is 0.414 e. The summed E-state index contributed by atoms with van der Waals surface area (Å²) in [6.45, 7) is 4.02. The van der Waals surface area contributed by atoms with Gasteiger partial charge in [-0.3, -0.25) is 9.69 Å². The van der Waals surface area contributed by atoms with E-state index in [9.17, 15) is 19.1 Å². The number of fused-ring (bicyclic) bond motifs is 3. The van der Waals surface area contributed by atoms with Crippen molar-refractivity contribution in [2.45, 2.75) is 70.4 Å². The standard InChI is InChI=1S/C29H34FN3O5/c1-16-5-11-21-23(32(16)29(36)38-4)12-13-24-26(21)31-27(17(2)19-8-14-25(37-3)22(30)15-19)33(24)20-9-6-18(7-10-20)28(34)35/h8,12-18,20H,5-7,9-11H2,1-4H3,(H,34,35)/t16?,17-,18?,20?/m1/s1. The van der Waals surface area contributed by atoms with Gasteiger partial charge in [-0.25, -0.2) is 14.2 Å². The first-order valence-corrected chi connectivity index (χ1v) is 13.2. The minimum absolute atomic E-state index is 0.00134. The van der Waals surface area contributed by atoms with Crippen LogP contribution in [0.15, 0.2) is 30.3 Å². The number of aryl methyl sites for hydroxylation is 1. The van der Waals surface area contributed by atoms with Gasteiger partial charge in [0, 0.05) is 23.6 Å².